The zero-order valence-electron chi connectivity index (χ0n) is 9.14. The van der Waals surface area contributed by atoms with Crippen LogP contribution in [-0.4, -0.2) is 23.4 Å². The number of hydrogen-bond donors (Lipinski definition) is 2. The summed E-state index contributed by atoms with van der Waals surface area (Å²) < 4.78 is 0. The van der Waals surface area contributed by atoms with Gasteiger partial charge in [0.2, 0.25) is 0 Å². The summed E-state index contributed by atoms with van der Waals surface area (Å²) in [5, 5.41) is 8.53. The fourth-order valence-electron chi connectivity index (χ4n) is 1.68. The standard InChI is InChI=1S/C11H9Cl2N5/c12-7-1-3-8(4-2-7)15-11-17-16-10-5-9(13)14-6-18(10)11/h1-6,11,15,17H/t11-/m1/s1. The van der Waals surface area contributed by atoms with Gasteiger partial charge in [0, 0.05) is 16.8 Å². The van der Waals surface area contributed by atoms with E-state index in [-0.39, 0.29) is 6.29 Å². The van der Waals surface area contributed by atoms with Crippen molar-refractivity contribution in [3.8, 4) is 0 Å². The summed E-state index contributed by atoms with van der Waals surface area (Å²) in [5.74, 6) is 0.724. The second-order valence-corrected chi connectivity index (χ2v) is 4.60. The Morgan fingerprint density at radius 3 is 2.78 bits per heavy atom. The molecule has 92 valence electrons. The number of benzene rings is 1. The Bertz CT molecular complexity index is 549. The minimum atomic E-state index is -0.189. The first-order chi connectivity index (χ1) is 8.72. The molecule has 7 heteroatoms. The lowest BCUT2D eigenvalue weighted by Gasteiger charge is -2.24. The van der Waals surface area contributed by atoms with E-state index in [4.69, 9.17) is 23.2 Å². The third-order valence-corrected chi connectivity index (χ3v) is 3.00. The van der Waals surface area contributed by atoms with E-state index < -0.39 is 0 Å². The second-order valence-electron chi connectivity index (χ2n) is 3.77. The smallest absolute Gasteiger partial charge is 0.197 e. The number of anilines is 1. The topological polar surface area (TPSA) is 52.0 Å². The molecule has 0 amide bonds. The third-order valence-electron chi connectivity index (χ3n) is 2.55. The maximum absolute atomic E-state index is 5.84. The molecule has 2 heterocycles. The van der Waals surface area contributed by atoms with E-state index in [0.29, 0.717) is 10.2 Å². The van der Waals surface area contributed by atoms with E-state index in [2.05, 4.69) is 20.8 Å². The quantitative estimate of drug-likeness (QED) is 0.819. The Morgan fingerprint density at radius 1 is 1.22 bits per heavy atom. The van der Waals surface area contributed by atoms with Gasteiger partial charge in [-0.05, 0) is 24.3 Å². The van der Waals surface area contributed by atoms with E-state index in [9.17, 15) is 0 Å². The van der Waals surface area contributed by atoms with Crippen molar-refractivity contribution >= 4 is 41.1 Å². The normalized spacial score (nSPS) is 21.0. The van der Waals surface area contributed by atoms with E-state index in [0.717, 1.165) is 11.5 Å². The van der Waals surface area contributed by atoms with Gasteiger partial charge in [-0.1, -0.05) is 23.2 Å². The third kappa shape index (κ3) is 2.14. The van der Waals surface area contributed by atoms with Gasteiger partial charge in [0.1, 0.15) is 11.5 Å². The van der Waals surface area contributed by atoms with Gasteiger partial charge in [0.05, 0.1) is 0 Å². The van der Waals surface area contributed by atoms with E-state index in [1.807, 2.05) is 29.2 Å². The Balaban J connectivity index is 1.73. The Kier molecular flexibility index (Phi) is 2.85. The van der Waals surface area contributed by atoms with Crippen LogP contribution in [-0.2, 0) is 0 Å². The zero-order chi connectivity index (χ0) is 12.5. The predicted octanol–water partition coefficient (Wildman–Crippen LogP) is 2.38. The number of hydrogen-bond acceptors (Lipinski definition) is 5. The lowest BCUT2D eigenvalue weighted by Crippen LogP contribution is -2.45. The van der Waals surface area contributed by atoms with E-state index in [1.54, 1.807) is 12.4 Å². The summed E-state index contributed by atoms with van der Waals surface area (Å²) in [6.07, 6.45) is 3.14. The molecule has 0 unspecified atom stereocenters. The van der Waals surface area contributed by atoms with Gasteiger partial charge in [-0.25, -0.2) is 4.99 Å². The lowest BCUT2D eigenvalue weighted by molar-refractivity contribution is 0.461. The Labute approximate surface area is 114 Å². The van der Waals surface area contributed by atoms with Gasteiger partial charge in [0.25, 0.3) is 0 Å². The number of nitrogens with zero attached hydrogens (tertiary/aromatic N) is 3. The van der Waals surface area contributed by atoms with Gasteiger partial charge in [-0.2, -0.15) is 5.10 Å². The van der Waals surface area contributed by atoms with Crippen LogP contribution in [0.4, 0.5) is 5.69 Å². The summed E-state index contributed by atoms with van der Waals surface area (Å²) in [7, 11) is 0. The monoisotopic (exact) mass is 281 g/mol. The maximum Gasteiger partial charge on any atom is 0.197 e. The summed E-state index contributed by atoms with van der Waals surface area (Å²) in [4.78, 5) is 5.87. The average molecular weight is 282 g/mol. The van der Waals surface area contributed by atoms with Crippen molar-refractivity contribution in [3.05, 3.63) is 40.5 Å². The van der Waals surface area contributed by atoms with Crippen LogP contribution in [0.15, 0.2) is 45.6 Å². The highest BCUT2D eigenvalue weighted by Crippen LogP contribution is 2.18. The van der Waals surface area contributed by atoms with Crippen LogP contribution in [0, 0.1) is 0 Å². The van der Waals surface area contributed by atoms with E-state index in [1.165, 1.54) is 0 Å². The number of halogens is 2. The van der Waals surface area contributed by atoms with Crippen LogP contribution in [0.3, 0.4) is 0 Å². The van der Waals surface area contributed by atoms with Crippen LogP contribution in [0.25, 0.3) is 0 Å². The summed E-state index contributed by atoms with van der Waals surface area (Å²) in [6, 6.07) is 7.43. The second kappa shape index (κ2) is 4.51. The van der Waals surface area contributed by atoms with Crippen molar-refractivity contribution in [2.24, 2.45) is 10.1 Å². The van der Waals surface area contributed by atoms with Gasteiger partial charge < -0.3 is 5.32 Å². The molecule has 0 bridgehead atoms. The van der Waals surface area contributed by atoms with Crippen LogP contribution < -0.4 is 10.7 Å². The summed E-state index contributed by atoms with van der Waals surface area (Å²) >= 11 is 11.6. The molecule has 3 rings (SSSR count). The molecule has 0 fully saturated rings. The minimum absolute atomic E-state index is 0.189. The number of hydrazone groups is 1. The first-order valence-electron chi connectivity index (χ1n) is 5.27. The SMILES string of the molecule is ClC1=CC2=NN[C@@H](Nc3ccc(Cl)cc3)N2C=N1. The highest BCUT2D eigenvalue weighted by atomic mass is 35.5. The van der Waals surface area contributed by atoms with Gasteiger partial charge >= 0.3 is 0 Å². The van der Waals surface area contributed by atoms with Crippen molar-refractivity contribution in [3.63, 3.8) is 0 Å². The maximum atomic E-state index is 5.84. The molecule has 0 saturated heterocycles. The molecule has 2 aliphatic heterocycles. The molecule has 0 aliphatic carbocycles. The molecule has 2 aliphatic rings. The first kappa shape index (κ1) is 11.4. The molecule has 0 spiro atoms. The van der Waals surface area contributed by atoms with Gasteiger partial charge in [-0.15, -0.1) is 0 Å². The molecule has 0 radical (unpaired) electrons. The predicted molar refractivity (Wildman–Crippen MR) is 73.7 cm³/mol. The first-order valence-corrected chi connectivity index (χ1v) is 6.03. The highest BCUT2D eigenvalue weighted by Gasteiger charge is 2.27. The van der Waals surface area contributed by atoms with Crippen LogP contribution >= 0.6 is 23.2 Å². The number of nitrogens with one attached hydrogen (secondary N) is 2. The molecule has 5 nitrogen and oxygen atoms in total. The zero-order valence-corrected chi connectivity index (χ0v) is 10.7. The number of fused-ring (bicyclic) bond motifs is 1. The van der Waals surface area contributed by atoms with Crippen molar-refractivity contribution in [1.82, 2.24) is 10.3 Å². The fourth-order valence-corrected chi connectivity index (χ4v) is 1.95. The van der Waals surface area contributed by atoms with Crippen LogP contribution in [0.5, 0.6) is 0 Å². The molecule has 2 N–H and O–H groups in total. The molecule has 1 atom stereocenters. The highest BCUT2D eigenvalue weighted by molar-refractivity contribution is 6.32. The van der Waals surface area contributed by atoms with Crippen molar-refractivity contribution in [2.75, 3.05) is 5.32 Å². The molecular formula is C11H9Cl2N5. The molecular weight excluding hydrogens is 273 g/mol. The van der Waals surface area contributed by atoms with E-state index >= 15 is 0 Å². The summed E-state index contributed by atoms with van der Waals surface area (Å²) in [6.45, 7) is 0. The molecule has 1 aromatic carbocycles. The number of aliphatic imine (C=N–C) groups is 1. The molecule has 1 aromatic rings. The minimum Gasteiger partial charge on any atom is -0.347 e. The van der Waals surface area contributed by atoms with Crippen molar-refractivity contribution < 1.29 is 0 Å². The van der Waals surface area contributed by atoms with Crippen molar-refractivity contribution in [2.45, 2.75) is 6.29 Å². The Morgan fingerprint density at radius 2 is 2.00 bits per heavy atom. The van der Waals surface area contributed by atoms with Gasteiger partial charge in [0.15, 0.2) is 12.1 Å². The van der Waals surface area contributed by atoms with Crippen LogP contribution in [0.1, 0.15) is 0 Å². The lowest BCUT2D eigenvalue weighted by atomic mass is 10.3. The van der Waals surface area contributed by atoms with Gasteiger partial charge in [-0.3, -0.25) is 10.3 Å². The average Bonchev–Trinajstić information content (AvgIpc) is 2.74. The number of rotatable bonds is 2. The molecule has 18 heavy (non-hydrogen) atoms. The largest absolute Gasteiger partial charge is 0.347 e. The molecule has 0 aromatic heterocycles. The molecule has 0 saturated carbocycles. The van der Waals surface area contributed by atoms with Crippen LogP contribution in [0.2, 0.25) is 5.02 Å². The fraction of sp³-hybridized carbons (Fsp3) is 0.0909. The Hall–Kier alpha value is -1.72. The summed E-state index contributed by atoms with van der Waals surface area (Å²) in [5.41, 5.74) is 3.89. The number of amidine groups is 1. The van der Waals surface area contributed by atoms with Crippen molar-refractivity contribution in [1.29, 1.82) is 0 Å².